The van der Waals surface area contributed by atoms with E-state index in [1.54, 1.807) is 6.08 Å². The van der Waals surface area contributed by atoms with Crippen molar-refractivity contribution in [3.8, 4) is 0 Å². The summed E-state index contributed by atoms with van der Waals surface area (Å²) in [6, 6.07) is -4.52. The molecular weight excluding hydrogens is 1400 g/mol. The van der Waals surface area contributed by atoms with E-state index < -0.39 is 235 Å². The van der Waals surface area contributed by atoms with Crippen molar-refractivity contribution in [2.75, 3.05) is 39.6 Å². The Morgan fingerprint density at radius 1 is 0.509 bits per heavy atom. The number of aliphatic hydroxyl groups is 15. The summed E-state index contributed by atoms with van der Waals surface area (Å²) in [7, 11) is 0. The van der Waals surface area contributed by atoms with Crippen LogP contribution < -0.4 is 16.0 Å². The molecule has 1 spiro atoms. The van der Waals surface area contributed by atoms with E-state index >= 15 is 0 Å². The molecule has 6 rings (SSSR count). The average Bonchev–Trinajstić information content (AvgIpc) is 0.724. The Morgan fingerprint density at radius 2 is 0.972 bits per heavy atom. The Labute approximate surface area is 622 Å². The average molecular weight is 1530 g/mol. The number of rotatable bonds is 49. The zero-order chi connectivity index (χ0) is 77.5. The number of hydrogen-bond acceptors (Lipinski definition) is 30. The monoisotopic (exact) mass is 1530 g/mol. The molecule has 6 aliphatic rings. The van der Waals surface area contributed by atoms with Crippen LogP contribution in [0.5, 0.6) is 0 Å². The lowest BCUT2D eigenvalue weighted by Gasteiger charge is -2.56. The molecule has 0 aromatic rings. The van der Waals surface area contributed by atoms with Gasteiger partial charge in [0.05, 0.1) is 63.9 Å². The summed E-state index contributed by atoms with van der Waals surface area (Å²) in [6.45, 7) is 0.876. The quantitative estimate of drug-likeness (QED) is 0.0206. The highest BCUT2D eigenvalue weighted by Crippen LogP contribution is 2.45. The highest BCUT2D eigenvalue weighted by molar-refractivity contribution is 5.80. The highest BCUT2D eigenvalue weighted by Gasteiger charge is 2.66. The molecule has 28 atom stereocenters. The smallest absolute Gasteiger partial charge is 0.367 e. The number of allylic oxidation sites excluding steroid dienone is 1. The van der Waals surface area contributed by atoms with Crippen LogP contribution in [0, 0.1) is 0 Å². The predicted molar refractivity (Wildman–Crippen MR) is 375 cm³/mol. The highest BCUT2D eigenvalue weighted by atomic mass is 16.8. The summed E-state index contributed by atoms with van der Waals surface area (Å²) in [5.41, 5.74) is 0. The molecule has 6 saturated heterocycles. The molecule has 18 N–H and O–H groups in total. The van der Waals surface area contributed by atoms with E-state index in [-0.39, 0.29) is 12.3 Å². The van der Waals surface area contributed by atoms with Crippen molar-refractivity contribution in [3.63, 3.8) is 0 Å². The molecular formula is C73H129N3O30. The summed E-state index contributed by atoms with van der Waals surface area (Å²) in [5.74, 6) is -6.43. The molecule has 33 heteroatoms. The molecule has 6 aliphatic heterocycles. The standard InChI is InChI=1S/C73H129N3O30/c1-5-7-9-11-13-15-17-19-20-22-24-26-28-30-32-34-52(87)76-44(45(84)33-31-29-27-25-23-21-18-16-14-12-10-8-6-2)41-96-69-61(94)59(92)62(50(39-80)99-69)101-71-67-66(106-73(72(95)104-67)35-46(85)53(74-42(3)82)65(105-73)55(88)47(86)36-77)63(51(40-81)100-71)102-68-54(75-43(4)83)64(57(90)49(38-79)97-68)103-70-60(93)58(91)56(89)48(37-78)98-70/h31,33,44-51,53-71,77-81,84-86,88-94H,5-30,32,34-41H2,1-4H3,(H,74,82)(H,75,83)(H,76,87)/b33-31+/t44?,45?,46-,47?,48-,49-,50-,51-,53+,54-,55?,56+,57+,58+,59-,60-,61-,62?,63+,64-,65+,66+,67-,68+,69-,70+,71+,73+/m1/s1. The topological polar surface area (TPSA) is 509 Å². The molecule has 0 aliphatic carbocycles. The number of esters is 1. The van der Waals surface area contributed by atoms with E-state index in [1.807, 2.05) is 6.08 Å². The summed E-state index contributed by atoms with van der Waals surface area (Å²) in [4.78, 5) is 54.0. The van der Waals surface area contributed by atoms with Gasteiger partial charge in [0, 0.05) is 26.7 Å². The van der Waals surface area contributed by atoms with Gasteiger partial charge in [-0.05, 0) is 19.3 Å². The molecule has 6 heterocycles. The number of carbonyl (C=O) groups excluding carboxylic acids is 4. The summed E-state index contributed by atoms with van der Waals surface area (Å²) < 4.78 is 67.4. The van der Waals surface area contributed by atoms with Gasteiger partial charge in [0.25, 0.3) is 5.79 Å². The zero-order valence-corrected chi connectivity index (χ0v) is 62.3. The molecule has 616 valence electrons. The lowest BCUT2D eigenvalue weighted by atomic mass is 9.87. The molecule has 0 aromatic carbocycles. The lowest BCUT2D eigenvalue weighted by Crippen LogP contribution is -2.75. The van der Waals surface area contributed by atoms with Gasteiger partial charge in [-0.25, -0.2) is 4.79 Å². The third kappa shape index (κ3) is 26.9. The van der Waals surface area contributed by atoms with Crippen LogP contribution in [0.15, 0.2) is 12.2 Å². The third-order valence-electron chi connectivity index (χ3n) is 20.8. The van der Waals surface area contributed by atoms with Gasteiger partial charge in [0.2, 0.25) is 17.7 Å². The maximum Gasteiger partial charge on any atom is 0.367 e. The van der Waals surface area contributed by atoms with Gasteiger partial charge < -0.3 is 145 Å². The second-order valence-electron chi connectivity index (χ2n) is 29.4. The molecule has 5 unspecified atom stereocenters. The van der Waals surface area contributed by atoms with Crippen molar-refractivity contribution in [1.82, 2.24) is 16.0 Å². The van der Waals surface area contributed by atoms with Gasteiger partial charge in [0.15, 0.2) is 31.3 Å². The Hall–Kier alpha value is -3.38. The Balaban J connectivity index is 1.21. The van der Waals surface area contributed by atoms with E-state index in [4.69, 9.17) is 52.1 Å². The van der Waals surface area contributed by atoms with Crippen molar-refractivity contribution >= 4 is 23.7 Å². The fourth-order valence-corrected chi connectivity index (χ4v) is 14.6. The second kappa shape index (κ2) is 47.9. The van der Waals surface area contributed by atoms with Gasteiger partial charge in [-0.2, -0.15) is 0 Å². The Morgan fingerprint density at radius 3 is 1.51 bits per heavy atom. The maximum atomic E-state index is 14.8. The van der Waals surface area contributed by atoms with Crippen LogP contribution in [0.4, 0.5) is 0 Å². The molecule has 33 nitrogen and oxygen atoms in total. The van der Waals surface area contributed by atoms with E-state index in [2.05, 4.69) is 29.8 Å². The van der Waals surface area contributed by atoms with Crippen molar-refractivity contribution in [3.05, 3.63) is 12.2 Å². The van der Waals surface area contributed by atoms with Gasteiger partial charge in [-0.15, -0.1) is 0 Å². The summed E-state index contributed by atoms with van der Waals surface area (Å²) in [5, 5.41) is 174. The first kappa shape index (κ1) is 91.5. The first-order valence-corrected chi connectivity index (χ1v) is 39.0. The zero-order valence-electron chi connectivity index (χ0n) is 62.3. The second-order valence-corrected chi connectivity index (χ2v) is 29.4. The lowest BCUT2D eigenvalue weighted by molar-refractivity contribution is -0.421. The number of unbranched alkanes of at least 4 members (excludes halogenated alkanes) is 25. The van der Waals surface area contributed by atoms with Crippen molar-refractivity contribution in [2.24, 2.45) is 0 Å². The third-order valence-corrected chi connectivity index (χ3v) is 20.8. The number of amides is 3. The minimum Gasteiger partial charge on any atom is -0.450 e. The fraction of sp³-hybridized carbons (Fsp3) is 0.918. The van der Waals surface area contributed by atoms with E-state index in [1.165, 1.54) is 109 Å². The number of nitrogens with one attached hydrogen (secondary N) is 3. The van der Waals surface area contributed by atoms with Crippen LogP contribution >= 0.6 is 0 Å². The van der Waals surface area contributed by atoms with E-state index in [9.17, 15) is 95.8 Å². The Bertz CT molecular complexity index is 2520. The number of ether oxygens (including phenoxy) is 11. The van der Waals surface area contributed by atoms with E-state index in [0.29, 0.717) is 12.8 Å². The minimum atomic E-state index is -2.91. The molecule has 0 bridgehead atoms. The van der Waals surface area contributed by atoms with Crippen molar-refractivity contribution in [2.45, 2.75) is 385 Å². The number of hydrogen-bond donors (Lipinski definition) is 18. The van der Waals surface area contributed by atoms with Gasteiger partial charge in [-0.1, -0.05) is 180 Å². The molecule has 3 amide bonds. The SMILES string of the molecule is CCCCCCCCCCCCC/C=C/C(O)C(CO[C@@H]1O[C@H](CO)C(O[C@@H]2O[C@H](CO)[C@H](O[C@@H]3O[C@H](CO)[C@H](O)[C@H](O[C@@H]4O[C@H](CO)[C@H](O)[C@H](O)[C@H]4O)[C@H]3NC(C)=O)[C@@H]3O[C@@]4(C[C@@H](O)[C@H](NC(C)=O)[C@@H](C(O)C(O)CO)O4)C(=O)O[C@@H]23)[C@H](O)[C@H]1O)NC(=O)CCCCCCCCCCCCCCCCC. The maximum absolute atomic E-state index is 14.8. The van der Waals surface area contributed by atoms with Crippen molar-refractivity contribution in [1.29, 1.82) is 0 Å². The largest absolute Gasteiger partial charge is 0.450 e. The first-order valence-electron chi connectivity index (χ1n) is 39.0. The molecule has 106 heavy (non-hydrogen) atoms. The molecule has 6 fully saturated rings. The summed E-state index contributed by atoms with van der Waals surface area (Å²) >= 11 is 0. The van der Waals surface area contributed by atoms with Gasteiger partial charge >= 0.3 is 5.97 Å². The van der Waals surface area contributed by atoms with Crippen LogP contribution in [0.1, 0.15) is 214 Å². The van der Waals surface area contributed by atoms with Gasteiger partial charge in [-0.3, -0.25) is 14.4 Å². The number of fused-ring (bicyclic) bond motifs is 1. The number of carbonyl (C=O) groups is 4. The minimum absolute atomic E-state index is 0.157. The Kier molecular flexibility index (Phi) is 41.3. The van der Waals surface area contributed by atoms with Crippen LogP contribution in [0.2, 0.25) is 0 Å². The van der Waals surface area contributed by atoms with Crippen LogP contribution in [-0.4, -0.2) is 311 Å². The van der Waals surface area contributed by atoms with Gasteiger partial charge in [0.1, 0.15) is 110 Å². The van der Waals surface area contributed by atoms with Crippen LogP contribution in [0.25, 0.3) is 0 Å². The fourth-order valence-electron chi connectivity index (χ4n) is 14.6. The predicted octanol–water partition coefficient (Wildman–Crippen LogP) is -0.562. The number of aliphatic hydroxyl groups excluding tert-OH is 15. The van der Waals surface area contributed by atoms with Crippen LogP contribution in [-0.2, 0) is 71.3 Å². The molecule has 0 saturated carbocycles. The first-order chi connectivity index (χ1) is 50.9. The van der Waals surface area contributed by atoms with Crippen molar-refractivity contribution < 1.29 is 148 Å². The summed E-state index contributed by atoms with van der Waals surface area (Å²) in [6.07, 6.45) is -12.7. The molecule has 0 radical (unpaired) electrons. The van der Waals surface area contributed by atoms with E-state index in [0.717, 1.165) is 65.2 Å². The van der Waals surface area contributed by atoms with Crippen LogP contribution in [0.3, 0.4) is 0 Å². The molecule has 0 aromatic heterocycles. The normalized spacial score (nSPS) is 35.3.